The van der Waals surface area contributed by atoms with Gasteiger partial charge in [-0.1, -0.05) is 43.2 Å². The van der Waals surface area contributed by atoms with E-state index >= 15 is 0 Å². The lowest BCUT2D eigenvalue weighted by molar-refractivity contribution is -0.164. The fourth-order valence-electron chi connectivity index (χ4n) is 1.92. The van der Waals surface area contributed by atoms with Gasteiger partial charge in [-0.15, -0.1) is 6.42 Å². The summed E-state index contributed by atoms with van der Waals surface area (Å²) in [5, 5.41) is 0. The minimum atomic E-state index is -0.558. The number of allylic oxidation sites excluding steroid dienone is 4. The minimum absolute atomic E-state index is 0.394. The number of hydrogen-bond acceptors (Lipinski definition) is 4. The molecule has 0 bridgehead atoms. The summed E-state index contributed by atoms with van der Waals surface area (Å²) < 4.78 is 10.6. The molecule has 0 aromatic rings. The third-order valence-electron chi connectivity index (χ3n) is 2.84. The predicted molar refractivity (Wildman–Crippen MR) is 91.5 cm³/mol. The lowest BCUT2D eigenvalue weighted by Gasteiger charge is -2.24. The van der Waals surface area contributed by atoms with Crippen molar-refractivity contribution in [3.63, 3.8) is 0 Å². The van der Waals surface area contributed by atoms with Crippen LogP contribution in [0.3, 0.4) is 0 Å². The van der Waals surface area contributed by atoms with Crippen LogP contribution in [0.2, 0.25) is 0 Å². The molecule has 126 valence electrons. The Bertz CT molecular complexity index is 480. The summed E-state index contributed by atoms with van der Waals surface area (Å²) in [5.74, 6) is 1.55. The smallest absolute Gasteiger partial charge is 0.303 e. The summed E-state index contributed by atoms with van der Waals surface area (Å²) in [5.41, 5.74) is 0. The van der Waals surface area contributed by atoms with E-state index in [4.69, 9.17) is 15.9 Å². The van der Waals surface area contributed by atoms with Gasteiger partial charge in [0.1, 0.15) is 12.2 Å². The van der Waals surface area contributed by atoms with Crippen LogP contribution in [0.1, 0.15) is 46.5 Å². The second-order valence-corrected chi connectivity index (χ2v) is 4.92. The maximum atomic E-state index is 11.3. The standard InChI is InChI=1S/C19H26O4/c1-5-7-9-10-11-13-15-19(23-17(4)21)18(22-16(3)20)14-12-8-6-2/h2,7-9,11-13,18-19H,5,10,14-15H2,1,3-4H3/b9-7+,12-8+,13-11-/t18-,19+/m0/s1. The SMILES string of the molecule is C#C/C=C/C[C@H](OC(C)=O)[C@@H](C/C=C\C/C=C/CC)OC(C)=O. The Morgan fingerprint density at radius 1 is 0.957 bits per heavy atom. The fourth-order valence-corrected chi connectivity index (χ4v) is 1.92. The van der Waals surface area contributed by atoms with E-state index in [-0.39, 0.29) is 0 Å². The summed E-state index contributed by atoms with van der Waals surface area (Å²) in [6.07, 6.45) is 18.1. The van der Waals surface area contributed by atoms with E-state index < -0.39 is 24.1 Å². The van der Waals surface area contributed by atoms with Crippen LogP contribution in [0.5, 0.6) is 0 Å². The molecule has 0 N–H and O–H groups in total. The molecule has 0 aliphatic heterocycles. The van der Waals surface area contributed by atoms with Gasteiger partial charge in [-0.3, -0.25) is 9.59 Å². The van der Waals surface area contributed by atoms with Gasteiger partial charge in [0, 0.05) is 26.7 Å². The zero-order chi connectivity index (χ0) is 17.5. The fraction of sp³-hybridized carbons (Fsp3) is 0.474. The molecule has 0 unspecified atom stereocenters. The van der Waals surface area contributed by atoms with Gasteiger partial charge in [0.25, 0.3) is 0 Å². The summed E-state index contributed by atoms with van der Waals surface area (Å²) in [6, 6.07) is 0. The summed E-state index contributed by atoms with van der Waals surface area (Å²) in [7, 11) is 0. The Morgan fingerprint density at radius 3 is 1.96 bits per heavy atom. The molecule has 0 aromatic heterocycles. The first kappa shape index (κ1) is 20.7. The molecule has 0 saturated carbocycles. The summed E-state index contributed by atoms with van der Waals surface area (Å²) in [4.78, 5) is 22.6. The molecule has 0 rings (SSSR count). The van der Waals surface area contributed by atoms with Gasteiger partial charge in [0.15, 0.2) is 0 Å². The normalized spacial score (nSPS) is 14.0. The van der Waals surface area contributed by atoms with Crippen LogP contribution in [0.25, 0.3) is 0 Å². The van der Waals surface area contributed by atoms with Gasteiger partial charge in [0.2, 0.25) is 0 Å². The first-order chi connectivity index (χ1) is 11.0. The Labute approximate surface area is 139 Å². The zero-order valence-electron chi connectivity index (χ0n) is 14.2. The number of ether oxygens (including phenoxy) is 2. The van der Waals surface area contributed by atoms with Gasteiger partial charge in [-0.2, -0.15) is 0 Å². The topological polar surface area (TPSA) is 52.6 Å². The Hall–Kier alpha value is -2.28. The Morgan fingerprint density at radius 2 is 1.48 bits per heavy atom. The van der Waals surface area contributed by atoms with Crippen molar-refractivity contribution >= 4 is 11.9 Å². The van der Waals surface area contributed by atoms with Crippen LogP contribution in [0, 0.1) is 12.3 Å². The van der Waals surface area contributed by atoms with E-state index in [1.54, 1.807) is 6.08 Å². The maximum absolute atomic E-state index is 11.3. The Kier molecular flexibility index (Phi) is 12.1. The Balaban J connectivity index is 4.85. The summed E-state index contributed by atoms with van der Waals surface area (Å²) >= 11 is 0. The number of hydrogen-bond donors (Lipinski definition) is 0. The first-order valence-electron chi connectivity index (χ1n) is 7.76. The van der Waals surface area contributed by atoms with Crippen molar-refractivity contribution in [1.82, 2.24) is 0 Å². The lowest BCUT2D eigenvalue weighted by atomic mass is 10.1. The maximum Gasteiger partial charge on any atom is 0.303 e. The van der Waals surface area contributed by atoms with Crippen molar-refractivity contribution in [2.75, 3.05) is 0 Å². The lowest BCUT2D eigenvalue weighted by Crippen LogP contribution is -2.33. The molecule has 0 spiro atoms. The third kappa shape index (κ3) is 12.0. The number of terminal acetylenes is 1. The second-order valence-electron chi connectivity index (χ2n) is 4.92. The van der Waals surface area contributed by atoms with Gasteiger partial charge < -0.3 is 9.47 Å². The van der Waals surface area contributed by atoms with Crippen LogP contribution in [-0.2, 0) is 19.1 Å². The van der Waals surface area contributed by atoms with Crippen molar-refractivity contribution < 1.29 is 19.1 Å². The average molecular weight is 318 g/mol. The molecule has 4 nitrogen and oxygen atoms in total. The summed E-state index contributed by atoms with van der Waals surface area (Å²) in [6.45, 7) is 4.74. The molecule has 0 radical (unpaired) electrons. The molecule has 0 saturated heterocycles. The number of carbonyl (C=O) groups is 2. The van der Waals surface area contributed by atoms with Gasteiger partial charge in [-0.05, 0) is 18.9 Å². The van der Waals surface area contributed by atoms with Gasteiger partial charge in [-0.25, -0.2) is 0 Å². The zero-order valence-corrected chi connectivity index (χ0v) is 14.2. The average Bonchev–Trinajstić information content (AvgIpc) is 2.48. The van der Waals surface area contributed by atoms with Crippen molar-refractivity contribution in [2.45, 2.75) is 58.7 Å². The van der Waals surface area contributed by atoms with Crippen LogP contribution in [0.15, 0.2) is 36.5 Å². The van der Waals surface area contributed by atoms with Crippen LogP contribution in [-0.4, -0.2) is 24.1 Å². The molecular weight excluding hydrogens is 292 g/mol. The van der Waals surface area contributed by atoms with Crippen LogP contribution >= 0.6 is 0 Å². The van der Waals surface area contributed by atoms with Crippen LogP contribution < -0.4 is 0 Å². The number of rotatable bonds is 10. The largest absolute Gasteiger partial charge is 0.458 e. The highest BCUT2D eigenvalue weighted by Crippen LogP contribution is 2.15. The van der Waals surface area contributed by atoms with E-state index in [9.17, 15) is 9.59 Å². The number of carbonyl (C=O) groups excluding carboxylic acids is 2. The molecule has 4 heteroatoms. The quantitative estimate of drug-likeness (QED) is 0.350. The van der Waals surface area contributed by atoms with Crippen molar-refractivity contribution in [2.24, 2.45) is 0 Å². The monoisotopic (exact) mass is 318 g/mol. The van der Waals surface area contributed by atoms with E-state index in [0.717, 1.165) is 12.8 Å². The van der Waals surface area contributed by atoms with E-state index in [1.807, 2.05) is 12.2 Å². The molecule has 0 aromatic carbocycles. The van der Waals surface area contributed by atoms with Crippen molar-refractivity contribution in [3.05, 3.63) is 36.5 Å². The highest BCUT2D eigenvalue weighted by molar-refractivity contribution is 5.67. The molecule has 0 aliphatic carbocycles. The van der Waals surface area contributed by atoms with E-state index in [2.05, 4.69) is 25.0 Å². The van der Waals surface area contributed by atoms with E-state index in [1.165, 1.54) is 19.9 Å². The molecule has 2 atom stereocenters. The molecule has 0 heterocycles. The van der Waals surface area contributed by atoms with Crippen molar-refractivity contribution in [3.8, 4) is 12.3 Å². The van der Waals surface area contributed by atoms with Crippen LogP contribution in [0.4, 0.5) is 0 Å². The minimum Gasteiger partial charge on any atom is -0.458 e. The molecule has 0 aliphatic rings. The molecular formula is C19H26O4. The van der Waals surface area contributed by atoms with Gasteiger partial charge in [0.05, 0.1) is 0 Å². The molecule has 23 heavy (non-hydrogen) atoms. The highest BCUT2D eigenvalue weighted by atomic mass is 16.6. The first-order valence-corrected chi connectivity index (χ1v) is 7.76. The predicted octanol–water partition coefficient (Wildman–Crippen LogP) is 3.73. The second kappa shape index (κ2) is 13.4. The number of esters is 2. The molecule has 0 fully saturated rings. The molecule has 0 amide bonds. The van der Waals surface area contributed by atoms with E-state index in [0.29, 0.717) is 12.8 Å². The van der Waals surface area contributed by atoms with Gasteiger partial charge >= 0.3 is 11.9 Å². The highest BCUT2D eigenvalue weighted by Gasteiger charge is 2.25. The third-order valence-corrected chi connectivity index (χ3v) is 2.84. The van der Waals surface area contributed by atoms with Crippen molar-refractivity contribution in [1.29, 1.82) is 0 Å².